The molecule has 0 aliphatic carbocycles. The quantitative estimate of drug-likeness (QED) is 0.816. The van der Waals surface area contributed by atoms with Crippen molar-refractivity contribution in [3.05, 3.63) is 29.8 Å². The van der Waals surface area contributed by atoms with E-state index >= 15 is 0 Å². The second-order valence-electron chi connectivity index (χ2n) is 3.73. The largest absolute Gasteiger partial charge is 0.334 e. The van der Waals surface area contributed by atoms with Gasteiger partial charge in [0.15, 0.2) is 0 Å². The lowest BCUT2D eigenvalue weighted by molar-refractivity contribution is 0.249. The van der Waals surface area contributed by atoms with E-state index in [2.05, 4.69) is 10.6 Å². The molecule has 0 aliphatic heterocycles. The molecule has 0 heterocycles. The van der Waals surface area contributed by atoms with Crippen LogP contribution in [0.25, 0.3) is 0 Å². The third-order valence-corrected chi connectivity index (χ3v) is 2.08. The molecule has 2 amide bonds. The van der Waals surface area contributed by atoms with E-state index in [0.717, 1.165) is 11.3 Å². The first-order valence-corrected chi connectivity index (χ1v) is 5.13. The van der Waals surface area contributed by atoms with Crippen molar-refractivity contribution < 1.29 is 4.79 Å². The fraction of sp³-hybridized carbons (Fsp3) is 0.333. The van der Waals surface area contributed by atoms with Crippen LogP contribution in [0.2, 0.25) is 0 Å². The zero-order valence-corrected chi connectivity index (χ0v) is 9.45. The summed E-state index contributed by atoms with van der Waals surface area (Å²) >= 11 is 0. The van der Waals surface area contributed by atoms with Crippen LogP contribution in [0.15, 0.2) is 24.3 Å². The van der Waals surface area contributed by atoms with Gasteiger partial charge >= 0.3 is 6.03 Å². The summed E-state index contributed by atoms with van der Waals surface area (Å²) in [6, 6.07) is 9.10. The summed E-state index contributed by atoms with van der Waals surface area (Å²) in [7, 11) is 0. The van der Waals surface area contributed by atoms with Crippen molar-refractivity contribution in [2.75, 3.05) is 5.32 Å². The van der Waals surface area contributed by atoms with Crippen molar-refractivity contribution in [3.63, 3.8) is 0 Å². The molecule has 16 heavy (non-hydrogen) atoms. The molecule has 0 aliphatic rings. The molecule has 0 fully saturated rings. The first kappa shape index (κ1) is 12.1. The average Bonchev–Trinajstić information content (AvgIpc) is 2.21. The Balaban J connectivity index is 2.46. The van der Waals surface area contributed by atoms with Crippen molar-refractivity contribution in [1.29, 1.82) is 5.26 Å². The topological polar surface area (TPSA) is 64.9 Å². The van der Waals surface area contributed by atoms with Gasteiger partial charge in [0.25, 0.3) is 0 Å². The lowest BCUT2D eigenvalue weighted by Gasteiger charge is -2.11. The maximum absolute atomic E-state index is 11.5. The molecular weight excluding hydrogens is 202 g/mol. The Hall–Kier alpha value is -2.02. The first-order valence-electron chi connectivity index (χ1n) is 5.13. The van der Waals surface area contributed by atoms with Crippen LogP contribution >= 0.6 is 0 Å². The Morgan fingerprint density at radius 2 is 2.06 bits per heavy atom. The number of amides is 2. The van der Waals surface area contributed by atoms with Gasteiger partial charge in [-0.2, -0.15) is 5.26 Å². The van der Waals surface area contributed by atoms with Crippen molar-refractivity contribution in [2.45, 2.75) is 26.3 Å². The number of benzene rings is 1. The minimum Gasteiger partial charge on any atom is -0.334 e. The smallest absolute Gasteiger partial charge is 0.319 e. The zero-order chi connectivity index (χ0) is 12.0. The summed E-state index contributed by atoms with van der Waals surface area (Å²) < 4.78 is 0. The monoisotopic (exact) mass is 217 g/mol. The van der Waals surface area contributed by atoms with Gasteiger partial charge in [0.05, 0.1) is 12.5 Å². The highest BCUT2D eigenvalue weighted by Gasteiger charge is 2.06. The Morgan fingerprint density at radius 3 is 2.62 bits per heavy atom. The van der Waals surface area contributed by atoms with Gasteiger partial charge < -0.3 is 10.6 Å². The fourth-order valence-electron chi connectivity index (χ4n) is 1.22. The summed E-state index contributed by atoms with van der Waals surface area (Å²) in [5.74, 6) is 0. The number of nitrogens with one attached hydrogen (secondary N) is 2. The molecule has 84 valence electrons. The van der Waals surface area contributed by atoms with Crippen molar-refractivity contribution in [2.24, 2.45) is 0 Å². The predicted octanol–water partition coefficient (Wildman–Crippen LogP) is 2.42. The van der Waals surface area contributed by atoms with Crippen LogP contribution in [0.4, 0.5) is 10.5 Å². The van der Waals surface area contributed by atoms with E-state index < -0.39 is 0 Å². The molecule has 1 atom stereocenters. The van der Waals surface area contributed by atoms with E-state index in [1.807, 2.05) is 37.3 Å². The molecule has 4 heteroatoms. The Labute approximate surface area is 95.3 Å². The molecule has 0 aromatic heterocycles. The minimum absolute atomic E-state index is 0.143. The summed E-state index contributed by atoms with van der Waals surface area (Å²) in [6.07, 6.45) is 0.307. The second-order valence-corrected chi connectivity index (χ2v) is 3.73. The van der Waals surface area contributed by atoms with Gasteiger partial charge in [0, 0.05) is 11.7 Å². The second kappa shape index (κ2) is 5.76. The summed E-state index contributed by atoms with van der Waals surface area (Å²) in [4.78, 5) is 11.5. The van der Waals surface area contributed by atoms with Crippen molar-refractivity contribution in [3.8, 4) is 6.07 Å². The molecule has 0 saturated heterocycles. The maximum Gasteiger partial charge on any atom is 0.319 e. The highest BCUT2D eigenvalue weighted by Crippen LogP contribution is 2.08. The Morgan fingerprint density at radius 1 is 1.44 bits per heavy atom. The normalized spacial score (nSPS) is 11.3. The van der Waals surface area contributed by atoms with E-state index in [1.165, 1.54) is 0 Å². The number of rotatable bonds is 3. The summed E-state index contributed by atoms with van der Waals surface area (Å²) in [5.41, 5.74) is 1.89. The highest BCUT2D eigenvalue weighted by molar-refractivity contribution is 5.89. The Bertz CT molecular complexity index is 392. The molecule has 0 radical (unpaired) electrons. The van der Waals surface area contributed by atoms with Crippen LogP contribution in [-0.4, -0.2) is 12.1 Å². The van der Waals surface area contributed by atoms with Gasteiger partial charge in [0.2, 0.25) is 0 Å². The van der Waals surface area contributed by atoms with Gasteiger partial charge in [-0.3, -0.25) is 0 Å². The van der Waals surface area contributed by atoms with Gasteiger partial charge in [0.1, 0.15) is 0 Å². The predicted molar refractivity (Wildman–Crippen MR) is 63.0 cm³/mol. The van der Waals surface area contributed by atoms with Crippen LogP contribution < -0.4 is 10.6 Å². The summed E-state index contributed by atoms with van der Waals surface area (Å²) in [6.45, 7) is 3.77. The standard InChI is InChI=1S/C12H15N3O/c1-9-3-5-11(6-4-9)15-12(16)14-10(2)7-8-13/h3-6,10H,7H2,1-2H3,(H2,14,15,16). The fourth-order valence-corrected chi connectivity index (χ4v) is 1.22. The number of carbonyl (C=O) groups excluding carboxylic acids is 1. The minimum atomic E-state index is -0.286. The van der Waals surface area contributed by atoms with E-state index in [9.17, 15) is 4.79 Å². The molecule has 4 nitrogen and oxygen atoms in total. The van der Waals surface area contributed by atoms with Crippen molar-refractivity contribution in [1.82, 2.24) is 5.32 Å². The Kier molecular flexibility index (Phi) is 4.34. The molecular formula is C12H15N3O. The van der Waals surface area contributed by atoms with Crippen LogP contribution in [0.1, 0.15) is 18.9 Å². The van der Waals surface area contributed by atoms with Crippen molar-refractivity contribution >= 4 is 11.7 Å². The van der Waals surface area contributed by atoms with Crippen LogP contribution in [0.3, 0.4) is 0 Å². The van der Waals surface area contributed by atoms with Crippen LogP contribution in [-0.2, 0) is 0 Å². The average molecular weight is 217 g/mol. The first-order chi connectivity index (χ1) is 7.61. The molecule has 0 spiro atoms. The molecule has 1 unspecified atom stereocenters. The number of aryl methyl sites for hydroxylation is 1. The van der Waals surface area contributed by atoms with Gasteiger partial charge in [-0.1, -0.05) is 17.7 Å². The number of urea groups is 1. The number of hydrogen-bond donors (Lipinski definition) is 2. The number of hydrogen-bond acceptors (Lipinski definition) is 2. The van der Waals surface area contributed by atoms with Crippen LogP contribution in [0, 0.1) is 18.3 Å². The van der Waals surface area contributed by atoms with Gasteiger partial charge in [-0.05, 0) is 26.0 Å². The highest BCUT2D eigenvalue weighted by atomic mass is 16.2. The number of nitriles is 1. The lowest BCUT2D eigenvalue weighted by atomic mass is 10.2. The summed E-state index contributed by atoms with van der Waals surface area (Å²) in [5, 5.41) is 13.8. The molecule has 1 aromatic carbocycles. The van der Waals surface area contributed by atoms with Crippen LogP contribution in [0.5, 0.6) is 0 Å². The van der Waals surface area contributed by atoms with E-state index in [4.69, 9.17) is 5.26 Å². The third kappa shape index (κ3) is 4.01. The number of anilines is 1. The van der Waals surface area contributed by atoms with E-state index in [-0.39, 0.29) is 12.1 Å². The lowest BCUT2D eigenvalue weighted by Crippen LogP contribution is -2.35. The molecule has 1 aromatic rings. The molecule has 0 bridgehead atoms. The SMILES string of the molecule is Cc1ccc(NC(=O)NC(C)CC#N)cc1. The molecule has 1 rings (SSSR count). The molecule has 0 saturated carbocycles. The van der Waals surface area contributed by atoms with E-state index in [0.29, 0.717) is 6.42 Å². The number of carbonyl (C=O) groups is 1. The third-order valence-electron chi connectivity index (χ3n) is 2.08. The van der Waals surface area contributed by atoms with E-state index in [1.54, 1.807) is 6.92 Å². The molecule has 2 N–H and O–H groups in total. The van der Waals surface area contributed by atoms with Gasteiger partial charge in [-0.25, -0.2) is 4.79 Å². The van der Waals surface area contributed by atoms with Gasteiger partial charge in [-0.15, -0.1) is 0 Å². The maximum atomic E-state index is 11.5. The number of nitrogens with zero attached hydrogens (tertiary/aromatic N) is 1. The zero-order valence-electron chi connectivity index (χ0n) is 9.45.